The van der Waals surface area contributed by atoms with Gasteiger partial charge in [0.2, 0.25) is 6.41 Å². The van der Waals surface area contributed by atoms with E-state index in [-0.39, 0.29) is 10.7 Å². The Morgan fingerprint density at radius 1 is 1.12 bits per heavy atom. The van der Waals surface area contributed by atoms with Crippen LogP contribution in [0.4, 0.5) is 5.82 Å². The summed E-state index contributed by atoms with van der Waals surface area (Å²) < 4.78 is 27.1. The van der Waals surface area contributed by atoms with Gasteiger partial charge in [-0.2, -0.15) is 0 Å². The molecule has 0 atom stereocenters. The van der Waals surface area contributed by atoms with E-state index in [0.29, 0.717) is 5.92 Å². The lowest BCUT2D eigenvalue weighted by atomic mass is 9.90. The molecule has 7 nitrogen and oxygen atoms in total. The van der Waals surface area contributed by atoms with Gasteiger partial charge in [0.05, 0.1) is 4.90 Å². The third-order valence-electron chi connectivity index (χ3n) is 4.16. The van der Waals surface area contributed by atoms with Gasteiger partial charge in [0, 0.05) is 19.3 Å². The van der Waals surface area contributed by atoms with Crippen molar-refractivity contribution in [2.24, 2.45) is 0 Å². The molecule has 1 amide bonds. The number of piperidine rings is 1. The summed E-state index contributed by atoms with van der Waals surface area (Å²) in [5, 5.41) is 0. The van der Waals surface area contributed by atoms with Gasteiger partial charge >= 0.3 is 0 Å². The minimum Gasteiger partial charge on any atom is -0.345 e. The Morgan fingerprint density at radius 3 is 2.42 bits per heavy atom. The van der Waals surface area contributed by atoms with Crippen LogP contribution in [-0.2, 0) is 14.8 Å². The number of aromatic nitrogens is 2. The van der Waals surface area contributed by atoms with E-state index >= 15 is 0 Å². The van der Waals surface area contributed by atoms with Crippen molar-refractivity contribution in [3.05, 3.63) is 48.4 Å². The average molecular weight is 346 g/mol. The summed E-state index contributed by atoms with van der Waals surface area (Å²) in [5.41, 5.74) is 1.10. The third kappa shape index (κ3) is 3.70. The molecular weight excluding hydrogens is 328 g/mol. The number of amides is 1. The quantitative estimate of drug-likeness (QED) is 0.831. The highest BCUT2D eigenvalue weighted by Crippen LogP contribution is 2.28. The topological polar surface area (TPSA) is 92.3 Å². The Bertz CT molecular complexity index is 786. The second kappa shape index (κ2) is 6.96. The number of benzene rings is 1. The normalized spacial score (nSPS) is 15.9. The molecule has 0 unspecified atom stereocenters. The Balaban J connectivity index is 1.71. The molecule has 3 rings (SSSR count). The first kappa shape index (κ1) is 16.4. The van der Waals surface area contributed by atoms with Gasteiger partial charge in [-0.1, -0.05) is 12.1 Å². The molecule has 1 aliphatic rings. The molecule has 1 fully saturated rings. The Morgan fingerprint density at radius 2 is 1.83 bits per heavy atom. The summed E-state index contributed by atoms with van der Waals surface area (Å²) >= 11 is 0. The molecule has 1 aromatic carbocycles. The second-order valence-electron chi connectivity index (χ2n) is 5.68. The molecule has 2 aromatic rings. The summed E-state index contributed by atoms with van der Waals surface area (Å²) in [7, 11) is -3.67. The van der Waals surface area contributed by atoms with Crippen molar-refractivity contribution in [1.82, 2.24) is 14.9 Å². The van der Waals surface area contributed by atoms with Crippen LogP contribution in [0.5, 0.6) is 0 Å². The van der Waals surface area contributed by atoms with Crippen molar-refractivity contribution < 1.29 is 13.2 Å². The predicted molar refractivity (Wildman–Crippen MR) is 88.9 cm³/mol. The molecule has 1 saturated heterocycles. The fourth-order valence-electron chi connectivity index (χ4n) is 2.81. The number of likely N-dealkylation sites (tertiary alicyclic amines) is 1. The van der Waals surface area contributed by atoms with Crippen LogP contribution < -0.4 is 4.72 Å². The van der Waals surface area contributed by atoms with E-state index in [9.17, 15) is 13.2 Å². The fourth-order valence-corrected chi connectivity index (χ4v) is 3.81. The highest BCUT2D eigenvalue weighted by Gasteiger charge is 2.21. The van der Waals surface area contributed by atoms with Crippen molar-refractivity contribution in [3.63, 3.8) is 0 Å². The lowest BCUT2D eigenvalue weighted by molar-refractivity contribution is -0.119. The van der Waals surface area contributed by atoms with E-state index in [1.807, 2.05) is 12.1 Å². The molecule has 126 valence electrons. The van der Waals surface area contributed by atoms with Crippen LogP contribution in [0.2, 0.25) is 0 Å². The fraction of sp³-hybridized carbons (Fsp3) is 0.312. The van der Waals surface area contributed by atoms with Crippen LogP contribution >= 0.6 is 0 Å². The van der Waals surface area contributed by atoms with Crippen molar-refractivity contribution >= 4 is 22.3 Å². The number of anilines is 1. The van der Waals surface area contributed by atoms with Gasteiger partial charge in [0.15, 0.2) is 0 Å². The molecule has 1 aromatic heterocycles. The zero-order valence-corrected chi connectivity index (χ0v) is 13.8. The molecule has 0 bridgehead atoms. The van der Waals surface area contributed by atoms with E-state index in [1.54, 1.807) is 17.0 Å². The van der Waals surface area contributed by atoms with E-state index in [4.69, 9.17) is 0 Å². The molecule has 0 radical (unpaired) electrons. The van der Waals surface area contributed by atoms with E-state index in [2.05, 4.69) is 14.7 Å². The SMILES string of the molecule is O=CN1CCC(c2ccc(S(=O)(=O)Nc3ccncn3)cc2)CC1. The van der Waals surface area contributed by atoms with Crippen LogP contribution in [0.1, 0.15) is 24.3 Å². The Hall–Kier alpha value is -2.48. The third-order valence-corrected chi connectivity index (χ3v) is 5.53. The van der Waals surface area contributed by atoms with Crippen LogP contribution in [0.3, 0.4) is 0 Å². The van der Waals surface area contributed by atoms with Gasteiger partial charge in [-0.15, -0.1) is 0 Å². The number of hydrogen-bond acceptors (Lipinski definition) is 5. The highest BCUT2D eigenvalue weighted by atomic mass is 32.2. The molecule has 1 N–H and O–H groups in total. The van der Waals surface area contributed by atoms with E-state index in [1.165, 1.54) is 18.6 Å². The van der Waals surface area contributed by atoms with E-state index < -0.39 is 10.0 Å². The van der Waals surface area contributed by atoms with Crippen LogP contribution in [0.25, 0.3) is 0 Å². The van der Waals surface area contributed by atoms with Gasteiger partial charge in [-0.3, -0.25) is 9.52 Å². The van der Waals surface area contributed by atoms with Gasteiger partial charge in [-0.25, -0.2) is 18.4 Å². The number of sulfonamides is 1. The molecule has 1 aliphatic heterocycles. The van der Waals surface area contributed by atoms with Gasteiger partial charge in [-0.05, 0) is 42.5 Å². The molecule has 2 heterocycles. The van der Waals surface area contributed by atoms with Crippen molar-refractivity contribution in [1.29, 1.82) is 0 Å². The number of nitrogens with one attached hydrogen (secondary N) is 1. The zero-order valence-electron chi connectivity index (χ0n) is 13.0. The number of carbonyl (C=O) groups excluding carboxylic acids is 1. The molecule has 0 saturated carbocycles. The smallest absolute Gasteiger partial charge is 0.263 e. The molecular formula is C16H18N4O3S. The first-order chi connectivity index (χ1) is 11.6. The highest BCUT2D eigenvalue weighted by molar-refractivity contribution is 7.92. The lowest BCUT2D eigenvalue weighted by Crippen LogP contribution is -2.31. The van der Waals surface area contributed by atoms with Crippen molar-refractivity contribution in [2.75, 3.05) is 17.8 Å². The molecule has 8 heteroatoms. The minimum atomic E-state index is -3.67. The number of nitrogens with zero attached hydrogens (tertiary/aromatic N) is 3. The summed E-state index contributed by atoms with van der Waals surface area (Å²) in [6.45, 7) is 1.48. The van der Waals surface area contributed by atoms with Gasteiger partial charge in [0.25, 0.3) is 10.0 Å². The summed E-state index contributed by atoms with van der Waals surface area (Å²) in [5.74, 6) is 0.586. The zero-order chi connectivity index (χ0) is 17.0. The Labute approximate surface area is 140 Å². The van der Waals surface area contributed by atoms with Gasteiger partial charge < -0.3 is 4.90 Å². The maximum absolute atomic E-state index is 12.4. The summed E-state index contributed by atoms with van der Waals surface area (Å²) in [6.07, 6.45) is 5.42. The summed E-state index contributed by atoms with van der Waals surface area (Å²) in [6, 6.07) is 8.38. The molecule has 0 aliphatic carbocycles. The summed E-state index contributed by atoms with van der Waals surface area (Å²) in [4.78, 5) is 20.3. The Kier molecular flexibility index (Phi) is 4.75. The van der Waals surface area contributed by atoms with Crippen molar-refractivity contribution in [3.8, 4) is 0 Å². The first-order valence-corrected chi connectivity index (χ1v) is 9.15. The van der Waals surface area contributed by atoms with Crippen molar-refractivity contribution in [2.45, 2.75) is 23.7 Å². The average Bonchev–Trinajstić information content (AvgIpc) is 2.62. The predicted octanol–water partition coefficient (Wildman–Crippen LogP) is 1.61. The lowest BCUT2D eigenvalue weighted by Gasteiger charge is -2.29. The maximum atomic E-state index is 12.4. The van der Waals surface area contributed by atoms with Crippen LogP contribution in [-0.4, -0.2) is 42.8 Å². The standard InChI is InChI=1S/C16H18N4O3S/c21-12-20-9-6-14(7-10-20)13-1-3-15(4-2-13)24(22,23)19-16-5-8-17-11-18-16/h1-5,8,11-12,14H,6-7,9-10H2,(H,17,18,19). The number of rotatable bonds is 5. The number of carbonyl (C=O) groups is 1. The monoisotopic (exact) mass is 346 g/mol. The van der Waals surface area contributed by atoms with Crippen LogP contribution in [0, 0.1) is 0 Å². The first-order valence-electron chi connectivity index (χ1n) is 7.66. The van der Waals surface area contributed by atoms with E-state index in [0.717, 1.165) is 37.9 Å². The molecule has 0 spiro atoms. The molecule has 24 heavy (non-hydrogen) atoms. The van der Waals surface area contributed by atoms with Gasteiger partial charge in [0.1, 0.15) is 12.1 Å². The minimum absolute atomic E-state index is 0.190. The maximum Gasteiger partial charge on any atom is 0.263 e. The largest absolute Gasteiger partial charge is 0.345 e. The second-order valence-corrected chi connectivity index (χ2v) is 7.37. The number of hydrogen-bond donors (Lipinski definition) is 1. The van der Waals surface area contributed by atoms with Crippen LogP contribution in [0.15, 0.2) is 47.8 Å².